The van der Waals surface area contributed by atoms with Gasteiger partial charge in [0, 0.05) is 17.0 Å². The maximum Gasteiger partial charge on any atom is 0.176 e. The van der Waals surface area contributed by atoms with Gasteiger partial charge in [-0.05, 0) is 59.9 Å². The molecule has 2 aromatic carbocycles. The Morgan fingerprint density at radius 1 is 1.06 bits per heavy atom. The zero-order valence-corrected chi connectivity index (χ0v) is 20.5. The van der Waals surface area contributed by atoms with Crippen LogP contribution in [0, 0.1) is 29.1 Å². The zero-order chi connectivity index (χ0) is 24.2. The Bertz CT molecular complexity index is 1350. The van der Waals surface area contributed by atoms with Crippen LogP contribution in [0.15, 0.2) is 66.2 Å². The summed E-state index contributed by atoms with van der Waals surface area (Å²) in [6.45, 7) is 4.19. The molecule has 0 spiro atoms. The minimum atomic E-state index is -0.393. The average Bonchev–Trinajstić information content (AvgIpc) is 3.24. The summed E-state index contributed by atoms with van der Waals surface area (Å²) >= 11 is 0. The molecule has 0 aliphatic heterocycles. The molecule has 1 aromatic heterocycles. The number of allylic oxidation sites excluding steroid dienone is 2. The van der Waals surface area contributed by atoms with Crippen LogP contribution in [0.1, 0.15) is 56.5 Å². The molecule has 35 heavy (non-hydrogen) atoms. The summed E-state index contributed by atoms with van der Waals surface area (Å²) in [5.74, 6) is 0.739. The molecule has 6 rings (SSSR count). The fourth-order valence-corrected chi connectivity index (χ4v) is 6.61. The van der Waals surface area contributed by atoms with Crippen molar-refractivity contribution in [3.8, 4) is 22.9 Å². The summed E-state index contributed by atoms with van der Waals surface area (Å²) in [5.41, 5.74) is 7.13. The quantitative estimate of drug-likeness (QED) is 0.453. The molecule has 0 N–H and O–H groups in total. The second-order valence-corrected chi connectivity index (χ2v) is 10.9. The van der Waals surface area contributed by atoms with Crippen LogP contribution >= 0.6 is 0 Å². The normalized spacial score (nSPS) is 25.7. The van der Waals surface area contributed by atoms with Crippen LogP contribution in [0.5, 0.6) is 0 Å². The van der Waals surface area contributed by atoms with Crippen molar-refractivity contribution in [2.24, 2.45) is 17.8 Å². The Morgan fingerprint density at radius 3 is 2.43 bits per heavy atom. The van der Waals surface area contributed by atoms with Gasteiger partial charge in [0.05, 0.1) is 17.0 Å². The van der Waals surface area contributed by atoms with E-state index in [1.165, 1.54) is 41.6 Å². The highest BCUT2D eigenvalue weighted by molar-refractivity contribution is 6.02. The van der Waals surface area contributed by atoms with Gasteiger partial charge < -0.3 is 0 Å². The van der Waals surface area contributed by atoms with Gasteiger partial charge in [-0.15, -0.1) is 0 Å². The van der Waals surface area contributed by atoms with Crippen molar-refractivity contribution in [2.75, 3.05) is 0 Å². The summed E-state index contributed by atoms with van der Waals surface area (Å²) in [7, 11) is 0. The van der Waals surface area contributed by atoms with Crippen molar-refractivity contribution in [3.63, 3.8) is 0 Å². The minimum absolute atomic E-state index is 0.0101. The fraction of sp³-hybridized carbons (Fsp3) is 0.387. The van der Waals surface area contributed by atoms with E-state index in [2.05, 4.69) is 66.2 Å². The molecule has 176 valence electrons. The van der Waals surface area contributed by atoms with Gasteiger partial charge in [-0.25, -0.2) is 4.68 Å². The van der Waals surface area contributed by atoms with Crippen molar-refractivity contribution in [1.82, 2.24) is 9.78 Å². The number of hydrogen-bond donors (Lipinski definition) is 0. The SMILES string of the molecule is C[C@H]1C(=O)C(C#N)=C[C@@]2(C)c3nn(-c4ccc(-c5ccccc5)cc4)c(CC4CCC4)c3CC[C@H]12. The first-order chi connectivity index (χ1) is 17.0. The molecule has 4 nitrogen and oxygen atoms in total. The third-order valence-electron chi connectivity index (χ3n) is 8.85. The second-order valence-electron chi connectivity index (χ2n) is 10.9. The van der Waals surface area contributed by atoms with Crippen molar-refractivity contribution >= 4 is 5.78 Å². The van der Waals surface area contributed by atoms with Gasteiger partial charge in [0.1, 0.15) is 6.07 Å². The molecule has 3 atom stereocenters. The topological polar surface area (TPSA) is 58.7 Å². The van der Waals surface area contributed by atoms with Crippen LogP contribution in [0.25, 0.3) is 16.8 Å². The largest absolute Gasteiger partial charge is 0.293 e. The van der Waals surface area contributed by atoms with Crippen molar-refractivity contribution < 1.29 is 4.79 Å². The lowest BCUT2D eigenvalue weighted by Gasteiger charge is -2.44. The summed E-state index contributed by atoms with van der Waals surface area (Å²) < 4.78 is 2.17. The third-order valence-corrected chi connectivity index (χ3v) is 8.85. The molecule has 0 saturated heterocycles. The van der Waals surface area contributed by atoms with E-state index in [1.807, 2.05) is 19.1 Å². The number of benzene rings is 2. The molecule has 1 heterocycles. The minimum Gasteiger partial charge on any atom is -0.293 e. The standard InChI is InChI=1S/C31H31N3O/c1-20-27-16-15-26-28(17-21-7-6-8-21)34(33-30(26)31(27,2)18-24(19-32)29(20)35)25-13-11-23(12-14-25)22-9-4-3-5-10-22/h3-5,9-14,18,20-21,27H,6-8,15-17H2,1-2H3/t20-,27-,31-/m1/s1. The third kappa shape index (κ3) is 3.48. The lowest BCUT2D eigenvalue weighted by molar-refractivity contribution is -0.121. The molecule has 3 aliphatic rings. The smallest absolute Gasteiger partial charge is 0.176 e. The van der Waals surface area contributed by atoms with Gasteiger partial charge in [-0.3, -0.25) is 4.79 Å². The predicted molar refractivity (Wildman–Crippen MR) is 137 cm³/mol. The van der Waals surface area contributed by atoms with E-state index < -0.39 is 5.41 Å². The molecule has 1 saturated carbocycles. The van der Waals surface area contributed by atoms with Gasteiger partial charge in [-0.2, -0.15) is 10.4 Å². The van der Waals surface area contributed by atoms with Crippen LogP contribution in [0.2, 0.25) is 0 Å². The monoisotopic (exact) mass is 461 g/mol. The van der Waals surface area contributed by atoms with Crippen LogP contribution < -0.4 is 0 Å². The van der Waals surface area contributed by atoms with Crippen LogP contribution in [0.4, 0.5) is 0 Å². The first-order valence-electron chi connectivity index (χ1n) is 12.9. The summed E-state index contributed by atoms with van der Waals surface area (Å²) in [5, 5.41) is 15.0. The van der Waals surface area contributed by atoms with E-state index >= 15 is 0 Å². The molecule has 4 heteroatoms. The van der Waals surface area contributed by atoms with E-state index in [9.17, 15) is 10.1 Å². The van der Waals surface area contributed by atoms with Gasteiger partial charge in [0.2, 0.25) is 0 Å². The highest BCUT2D eigenvalue weighted by Crippen LogP contribution is 2.50. The Morgan fingerprint density at radius 2 is 1.77 bits per heavy atom. The molecule has 1 fully saturated rings. The molecule has 0 unspecified atom stereocenters. The molecule has 3 aliphatic carbocycles. The van der Waals surface area contributed by atoms with Gasteiger partial charge in [0.25, 0.3) is 0 Å². The van der Waals surface area contributed by atoms with Gasteiger partial charge in [-0.1, -0.05) is 81.7 Å². The Kier molecular flexibility index (Phi) is 5.25. The van der Waals surface area contributed by atoms with Crippen molar-refractivity contribution in [3.05, 3.63) is 83.2 Å². The molecule has 3 aromatic rings. The Labute approximate surface area is 207 Å². The van der Waals surface area contributed by atoms with Crippen LogP contribution in [-0.4, -0.2) is 15.6 Å². The molecule has 0 bridgehead atoms. The number of Topliss-reactive ketones (excluding diaryl/α,β-unsaturated/α-hetero) is 1. The maximum absolute atomic E-state index is 12.8. The molecular weight excluding hydrogens is 430 g/mol. The molecule has 0 radical (unpaired) electrons. The number of hydrogen-bond acceptors (Lipinski definition) is 3. The second kappa shape index (κ2) is 8.34. The van der Waals surface area contributed by atoms with Gasteiger partial charge >= 0.3 is 0 Å². The zero-order valence-electron chi connectivity index (χ0n) is 20.5. The highest BCUT2D eigenvalue weighted by Gasteiger charge is 2.50. The van der Waals surface area contributed by atoms with E-state index in [0.717, 1.165) is 36.6 Å². The molecule has 0 amide bonds. The number of nitrogens with zero attached hydrogens (tertiary/aromatic N) is 3. The number of ketones is 1. The number of fused-ring (bicyclic) bond motifs is 3. The number of rotatable bonds is 4. The number of carbonyl (C=O) groups excluding carboxylic acids is 1. The maximum atomic E-state index is 12.8. The lowest BCUT2D eigenvalue weighted by atomic mass is 9.58. The van der Waals surface area contributed by atoms with E-state index in [-0.39, 0.29) is 17.6 Å². The average molecular weight is 462 g/mol. The van der Waals surface area contributed by atoms with Crippen molar-refractivity contribution in [2.45, 2.75) is 57.8 Å². The number of carbonyl (C=O) groups is 1. The van der Waals surface area contributed by atoms with Gasteiger partial charge in [0.15, 0.2) is 5.78 Å². The van der Waals surface area contributed by atoms with E-state index in [4.69, 9.17) is 5.10 Å². The summed E-state index contributed by atoms with van der Waals surface area (Å²) in [6.07, 6.45) is 8.79. The fourth-order valence-electron chi connectivity index (χ4n) is 6.61. The first-order valence-corrected chi connectivity index (χ1v) is 12.9. The van der Waals surface area contributed by atoms with E-state index in [0.29, 0.717) is 5.57 Å². The van der Waals surface area contributed by atoms with Crippen LogP contribution in [-0.2, 0) is 23.1 Å². The van der Waals surface area contributed by atoms with Crippen LogP contribution in [0.3, 0.4) is 0 Å². The Balaban J connectivity index is 1.47. The predicted octanol–water partition coefficient (Wildman–Crippen LogP) is 6.37. The molecular formula is C31H31N3O. The van der Waals surface area contributed by atoms with Crippen molar-refractivity contribution in [1.29, 1.82) is 5.26 Å². The number of aromatic nitrogens is 2. The lowest BCUT2D eigenvalue weighted by Crippen LogP contribution is -2.45. The number of nitriles is 1. The first kappa shape index (κ1) is 22.0. The highest BCUT2D eigenvalue weighted by atomic mass is 16.1. The Hall–Kier alpha value is -3.45. The summed E-state index contributed by atoms with van der Waals surface area (Å²) in [4.78, 5) is 12.8. The summed E-state index contributed by atoms with van der Waals surface area (Å²) in [6, 6.07) is 21.3. The van der Waals surface area contributed by atoms with E-state index in [1.54, 1.807) is 0 Å².